The maximum Gasteiger partial charge on any atom is 0.319 e. The van der Waals surface area contributed by atoms with E-state index in [0.717, 1.165) is 6.07 Å². The standard InChI is InChI=1S/C15H19FN2O3/c1-4-7-21-14-6-5-11(16)8-12(14)18-15(20)17-9-13(19)10(2)3/h1,5-6,8,10,13,19H,7,9H2,2-3H3,(H2,17,18,20). The van der Waals surface area contributed by atoms with Crippen LogP contribution in [-0.2, 0) is 0 Å². The zero-order valence-corrected chi connectivity index (χ0v) is 12.0. The van der Waals surface area contributed by atoms with E-state index in [0.29, 0.717) is 0 Å². The quantitative estimate of drug-likeness (QED) is 0.703. The average Bonchev–Trinajstić information content (AvgIpc) is 2.43. The summed E-state index contributed by atoms with van der Waals surface area (Å²) in [6, 6.07) is 3.15. The fourth-order valence-electron chi connectivity index (χ4n) is 1.44. The molecule has 1 unspecified atom stereocenters. The molecule has 0 fully saturated rings. The minimum Gasteiger partial charge on any atom is -0.479 e. The third kappa shape index (κ3) is 5.71. The predicted octanol–water partition coefficient (Wildman–Crippen LogP) is 1.98. The molecular formula is C15H19FN2O3. The van der Waals surface area contributed by atoms with Gasteiger partial charge in [0.25, 0.3) is 0 Å². The molecule has 1 atom stereocenters. The smallest absolute Gasteiger partial charge is 0.319 e. The first-order valence-electron chi connectivity index (χ1n) is 6.52. The lowest BCUT2D eigenvalue weighted by atomic mass is 10.1. The first-order chi connectivity index (χ1) is 9.93. The second-order valence-electron chi connectivity index (χ2n) is 4.78. The van der Waals surface area contributed by atoms with E-state index in [1.165, 1.54) is 12.1 Å². The first-order valence-corrected chi connectivity index (χ1v) is 6.52. The largest absolute Gasteiger partial charge is 0.479 e. The van der Waals surface area contributed by atoms with E-state index in [1.54, 1.807) is 0 Å². The number of hydrogen-bond acceptors (Lipinski definition) is 3. The number of terminal acetylenes is 1. The van der Waals surface area contributed by atoms with E-state index in [4.69, 9.17) is 11.2 Å². The Balaban J connectivity index is 2.66. The molecular weight excluding hydrogens is 275 g/mol. The first kappa shape index (κ1) is 16.8. The summed E-state index contributed by atoms with van der Waals surface area (Å²) in [6.07, 6.45) is 4.44. The molecule has 1 aromatic rings. The summed E-state index contributed by atoms with van der Waals surface area (Å²) in [7, 11) is 0. The van der Waals surface area contributed by atoms with Crippen LogP contribution in [-0.4, -0.2) is 30.4 Å². The van der Waals surface area contributed by atoms with Crippen molar-refractivity contribution in [1.82, 2.24) is 5.32 Å². The summed E-state index contributed by atoms with van der Waals surface area (Å²) < 4.78 is 18.4. The van der Waals surface area contributed by atoms with E-state index in [-0.39, 0.29) is 30.5 Å². The SMILES string of the molecule is C#CCOc1ccc(F)cc1NC(=O)NCC(O)C(C)C. The van der Waals surface area contributed by atoms with Gasteiger partial charge in [-0.1, -0.05) is 19.8 Å². The summed E-state index contributed by atoms with van der Waals surface area (Å²) in [5, 5.41) is 14.6. The maximum atomic E-state index is 13.2. The van der Waals surface area contributed by atoms with Crippen molar-refractivity contribution in [3.8, 4) is 18.1 Å². The molecule has 0 saturated heterocycles. The van der Waals surface area contributed by atoms with Gasteiger partial charge in [-0.3, -0.25) is 0 Å². The minimum absolute atomic E-state index is 0.00793. The number of anilines is 1. The second-order valence-corrected chi connectivity index (χ2v) is 4.78. The number of aliphatic hydroxyl groups is 1. The number of carbonyl (C=O) groups is 1. The molecule has 0 heterocycles. The number of nitrogens with one attached hydrogen (secondary N) is 2. The average molecular weight is 294 g/mol. The van der Waals surface area contributed by atoms with Gasteiger partial charge in [-0.05, 0) is 18.1 Å². The summed E-state index contributed by atoms with van der Waals surface area (Å²) >= 11 is 0. The van der Waals surface area contributed by atoms with Gasteiger partial charge >= 0.3 is 6.03 Å². The van der Waals surface area contributed by atoms with Gasteiger partial charge in [-0.15, -0.1) is 6.42 Å². The highest BCUT2D eigenvalue weighted by Crippen LogP contribution is 2.25. The van der Waals surface area contributed by atoms with E-state index in [2.05, 4.69) is 16.6 Å². The molecule has 0 aliphatic rings. The molecule has 2 amide bonds. The van der Waals surface area contributed by atoms with Crippen molar-refractivity contribution >= 4 is 11.7 Å². The lowest BCUT2D eigenvalue weighted by molar-refractivity contribution is 0.126. The Hall–Kier alpha value is -2.26. The molecule has 21 heavy (non-hydrogen) atoms. The Morgan fingerprint density at radius 2 is 2.24 bits per heavy atom. The monoisotopic (exact) mass is 294 g/mol. The highest BCUT2D eigenvalue weighted by atomic mass is 19.1. The van der Waals surface area contributed by atoms with E-state index >= 15 is 0 Å². The highest BCUT2D eigenvalue weighted by Gasteiger charge is 2.12. The van der Waals surface area contributed by atoms with E-state index < -0.39 is 18.0 Å². The number of benzene rings is 1. The van der Waals surface area contributed by atoms with E-state index in [1.807, 2.05) is 13.8 Å². The van der Waals surface area contributed by atoms with Crippen molar-refractivity contribution in [1.29, 1.82) is 0 Å². The molecule has 114 valence electrons. The molecule has 6 heteroatoms. The normalized spacial score (nSPS) is 11.6. The number of rotatable bonds is 6. The molecule has 0 aliphatic carbocycles. The zero-order chi connectivity index (χ0) is 15.8. The third-order valence-electron chi connectivity index (χ3n) is 2.74. The van der Waals surface area contributed by atoms with Crippen LogP contribution in [0.25, 0.3) is 0 Å². The van der Waals surface area contributed by atoms with Crippen molar-refractivity contribution in [2.24, 2.45) is 5.92 Å². The number of halogens is 1. The molecule has 0 spiro atoms. The van der Waals surface area contributed by atoms with Crippen molar-refractivity contribution in [2.45, 2.75) is 20.0 Å². The molecule has 0 radical (unpaired) electrons. The zero-order valence-electron chi connectivity index (χ0n) is 12.0. The minimum atomic E-state index is -0.652. The van der Waals surface area contributed by atoms with Crippen molar-refractivity contribution in [2.75, 3.05) is 18.5 Å². The number of urea groups is 1. The molecule has 0 bridgehead atoms. The molecule has 0 aliphatic heterocycles. The van der Waals surface area contributed by atoms with Gasteiger partial charge in [0.15, 0.2) is 0 Å². The Labute approximate surface area is 123 Å². The maximum absolute atomic E-state index is 13.2. The van der Waals surface area contributed by atoms with Crippen LogP contribution in [0.3, 0.4) is 0 Å². The number of carbonyl (C=O) groups excluding carboxylic acids is 1. The topological polar surface area (TPSA) is 70.6 Å². The fourth-order valence-corrected chi connectivity index (χ4v) is 1.44. The lowest BCUT2D eigenvalue weighted by Crippen LogP contribution is -2.37. The predicted molar refractivity (Wildman–Crippen MR) is 78.6 cm³/mol. The number of ether oxygens (including phenoxy) is 1. The molecule has 0 aromatic heterocycles. The van der Waals surface area contributed by atoms with Crippen molar-refractivity contribution in [3.63, 3.8) is 0 Å². The summed E-state index contributed by atoms with van der Waals surface area (Å²) in [6.45, 7) is 3.78. The Bertz CT molecular complexity index is 526. The van der Waals surface area contributed by atoms with Crippen molar-refractivity contribution in [3.05, 3.63) is 24.0 Å². The van der Waals surface area contributed by atoms with Gasteiger partial charge in [0.1, 0.15) is 18.2 Å². The Morgan fingerprint density at radius 1 is 1.52 bits per heavy atom. The van der Waals surface area contributed by atoms with Gasteiger partial charge in [0.2, 0.25) is 0 Å². The number of hydrogen-bond donors (Lipinski definition) is 3. The van der Waals surface area contributed by atoms with Crippen LogP contribution in [0.5, 0.6) is 5.75 Å². The highest BCUT2D eigenvalue weighted by molar-refractivity contribution is 5.90. The van der Waals surface area contributed by atoms with Gasteiger partial charge < -0.3 is 20.5 Å². The Kier molecular flexibility index (Phi) is 6.50. The third-order valence-corrected chi connectivity index (χ3v) is 2.74. The fraction of sp³-hybridized carbons (Fsp3) is 0.400. The van der Waals surface area contributed by atoms with Crippen LogP contribution in [0.4, 0.5) is 14.9 Å². The number of amides is 2. The summed E-state index contributed by atoms with van der Waals surface area (Å²) in [4.78, 5) is 11.7. The van der Waals surface area contributed by atoms with E-state index in [9.17, 15) is 14.3 Å². The van der Waals surface area contributed by atoms with Crippen molar-refractivity contribution < 1.29 is 19.0 Å². The molecule has 1 rings (SSSR count). The van der Waals surface area contributed by atoms with Gasteiger partial charge in [-0.25, -0.2) is 9.18 Å². The molecule has 1 aromatic carbocycles. The summed E-state index contributed by atoms with van der Waals surface area (Å²) in [5.41, 5.74) is 0.168. The van der Waals surface area contributed by atoms with Crippen LogP contribution in [0.2, 0.25) is 0 Å². The van der Waals surface area contributed by atoms with Crippen LogP contribution in [0.1, 0.15) is 13.8 Å². The lowest BCUT2D eigenvalue weighted by Gasteiger charge is -2.16. The van der Waals surface area contributed by atoms with Crippen LogP contribution in [0.15, 0.2) is 18.2 Å². The van der Waals surface area contributed by atoms with Crippen LogP contribution < -0.4 is 15.4 Å². The van der Waals surface area contributed by atoms with Gasteiger partial charge in [0.05, 0.1) is 11.8 Å². The molecule has 5 nitrogen and oxygen atoms in total. The number of aliphatic hydroxyl groups excluding tert-OH is 1. The van der Waals surface area contributed by atoms with Gasteiger partial charge in [0, 0.05) is 12.6 Å². The van der Waals surface area contributed by atoms with Crippen LogP contribution >= 0.6 is 0 Å². The van der Waals surface area contributed by atoms with Crippen LogP contribution in [0, 0.1) is 24.1 Å². The molecule has 3 N–H and O–H groups in total. The second kappa shape index (κ2) is 8.12. The summed E-state index contributed by atoms with van der Waals surface area (Å²) in [5.74, 6) is 2.07. The van der Waals surface area contributed by atoms with Gasteiger partial charge in [-0.2, -0.15) is 0 Å². The molecule has 0 saturated carbocycles. The Morgan fingerprint density at radius 3 is 2.86 bits per heavy atom.